The van der Waals surface area contributed by atoms with Crippen LogP contribution in [0.15, 0.2) is 54.6 Å². The summed E-state index contributed by atoms with van der Waals surface area (Å²) in [7, 11) is 0. The van der Waals surface area contributed by atoms with Gasteiger partial charge in [0.15, 0.2) is 6.29 Å². The molecule has 0 aliphatic rings. The monoisotopic (exact) mass is 222 g/mol. The zero-order chi connectivity index (χ0) is 12.1. The average Bonchev–Trinajstić information content (AvgIpc) is 2.37. The maximum Gasteiger partial charge on any atom is 0.150 e. The molecule has 2 aromatic rings. The molecule has 0 aromatic heterocycles. The zero-order valence-electron chi connectivity index (χ0n) is 9.76. The summed E-state index contributed by atoms with van der Waals surface area (Å²) in [5, 5.41) is 0. The number of hydrogen-bond donors (Lipinski definition) is 0. The van der Waals surface area contributed by atoms with E-state index in [-0.39, 0.29) is 0 Å². The highest BCUT2D eigenvalue weighted by Gasteiger charge is 1.99. The van der Waals surface area contributed by atoms with Crippen LogP contribution >= 0.6 is 0 Å². The lowest BCUT2D eigenvalue weighted by molar-refractivity contribution is -0.103. The van der Waals surface area contributed by atoms with Crippen LogP contribution in [0, 0.1) is 6.92 Å². The minimum absolute atomic E-state index is 0.705. The Morgan fingerprint density at radius 3 is 2.41 bits per heavy atom. The van der Waals surface area contributed by atoms with Crippen LogP contribution in [0.4, 0.5) is 0 Å². The van der Waals surface area contributed by atoms with Crippen molar-refractivity contribution in [3.8, 4) is 0 Å². The Morgan fingerprint density at radius 1 is 1.00 bits per heavy atom. The van der Waals surface area contributed by atoms with Gasteiger partial charge in [-0.05, 0) is 24.1 Å². The Bertz CT molecular complexity index is 538. The first kappa shape index (κ1) is 11.3. The molecule has 0 fully saturated rings. The summed E-state index contributed by atoms with van der Waals surface area (Å²) in [6.07, 6.45) is 2.81. The van der Waals surface area contributed by atoms with Crippen molar-refractivity contribution in [1.82, 2.24) is 0 Å². The smallest absolute Gasteiger partial charge is 0.150 e. The molecule has 0 bridgehead atoms. The Kier molecular flexibility index (Phi) is 3.51. The van der Waals surface area contributed by atoms with Crippen molar-refractivity contribution < 1.29 is 4.79 Å². The largest absolute Gasteiger partial charge is 0.298 e. The zero-order valence-corrected chi connectivity index (χ0v) is 9.76. The predicted molar refractivity (Wildman–Crippen MR) is 71.6 cm³/mol. The molecule has 0 unspecified atom stereocenters. The number of carbonyl (C=O) groups is 1. The van der Waals surface area contributed by atoms with Gasteiger partial charge in [-0.1, -0.05) is 60.2 Å². The van der Waals surface area contributed by atoms with E-state index < -0.39 is 0 Å². The second kappa shape index (κ2) is 5.26. The van der Waals surface area contributed by atoms with E-state index in [2.05, 4.69) is 6.07 Å². The first-order valence-corrected chi connectivity index (χ1v) is 5.58. The van der Waals surface area contributed by atoms with E-state index in [9.17, 15) is 4.79 Å². The third-order valence-corrected chi connectivity index (χ3v) is 2.60. The predicted octanol–water partition coefficient (Wildman–Crippen LogP) is 3.73. The highest BCUT2D eigenvalue weighted by Crippen LogP contribution is 2.16. The van der Waals surface area contributed by atoms with Crippen LogP contribution in [-0.4, -0.2) is 6.29 Å². The van der Waals surface area contributed by atoms with Crippen molar-refractivity contribution in [2.45, 2.75) is 6.92 Å². The van der Waals surface area contributed by atoms with E-state index in [4.69, 9.17) is 0 Å². The molecule has 0 aliphatic carbocycles. The highest BCUT2D eigenvalue weighted by atomic mass is 16.1. The lowest BCUT2D eigenvalue weighted by Gasteiger charge is -2.01. The molecule has 17 heavy (non-hydrogen) atoms. The minimum atomic E-state index is 0.705. The van der Waals surface area contributed by atoms with Gasteiger partial charge in [0.25, 0.3) is 0 Å². The highest BCUT2D eigenvalue weighted by molar-refractivity contribution is 6.13. The van der Waals surface area contributed by atoms with Gasteiger partial charge in [0, 0.05) is 5.57 Å². The molecule has 2 rings (SSSR count). The van der Waals surface area contributed by atoms with E-state index in [1.54, 1.807) is 0 Å². The molecule has 0 radical (unpaired) electrons. The summed E-state index contributed by atoms with van der Waals surface area (Å²) >= 11 is 0. The van der Waals surface area contributed by atoms with Crippen LogP contribution in [-0.2, 0) is 4.79 Å². The normalized spacial score (nSPS) is 11.2. The van der Waals surface area contributed by atoms with Gasteiger partial charge in [-0.3, -0.25) is 4.79 Å². The van der Waals surface area contributed by atoms with Gasteiger partial charge < -0.3 is 0 Å². The third-order valence-electron chi connectivity index (χ3n) is 2.60. The van der Waals surface area contributed by atoms with Crippen LogP contribution in [0.25, 0.3) is 11.6 Å². The van der Waals surface area contributed by atoms with E-state index in [1.165, 1.54) is 5.56 Å². The Hall–Kier alpha value is -2.15. The number of hydrogen-bond acceptors (Lipinski definition) is 1. The molecule has 2 aromatic carbocycles. The second-order valence-corrected chi connectivity index (χ2v) is 4.00. The maximum atomic E-state index is 11.1. The van der Waals surface area contributed by atoms with Crippen LogP contribution in [0.5, 0.6) is 0 Å². The van der Waals surface area contributed by atoms with E-state index in [1.807, 2.05) is 61.5 Å². The molecule has 84 valence electrons. The quantitative estimate of drug-likeness (QED) is 0.439. The van der Waals surface area contributed by atoms with Crippen molar-refractivity contribution in [2.24, 2.45) is 0 Å². The first-order valence-electron chi connectivity index (χ1n) is 5.58. The number of allylic oxidation sites excluding steroid dienone is 1. The molecular formula is C16H14O. The molecule has 0 saturated carbocycles. The maximum absolute atomic E-state index is 11.1. The fraction of sp³-hybridized carbons (Fsp3) is 0.0625. The topological polar surface area (TPSA) is 17.1 Å². The molecule has 1 nitrogen and oxygen atoms in total. The van der Waals surface area contributed by atoms with Crippen molar-refractivity contribution in [2.75, 3.05) is 0 Å². The molecule has 0 heterocycles. The van der Waals surface area contributed by atoms with E-state index in [0.29, 0.717) is 5.57 Å². The molecule has 0 saturated heterocycles. The molecule has 0 aliphatic heterocycles. The Balaban J connectivity index is 2.40. The summed E-state index contributed by atoms with van der Waals surface area (Å²) in [6, 6.07) is 17.8. The van der Waals surface area contributed by atoms with Gasteiger partial charge in [-0.25, -0.2) is 0 Å². The minimum Gasteiger partial charge on any atom is -0.298 e. The first-order chi connectivity index (χ1) is 8.29. The fourth-order valence-electron chi connectivity index (χ4n) is 1.76. The summed E-state index contributed by atoms with van der Waals surface area (Å²) in [4.78, 5) is 11.1. The van der Waals surface area contributed by atoms with Gasteiger partial charge in [-0.2, -0.15) is 0 Å². The lowest BCUT2D eigenvalue weighted by Crippen LogP contribution is -1.85. The van der Waals surface area contributed by atoms with Crippen molar-refractivity contribution >= 4 is 17.9 Å². The summed E-state index contributed by atoms with van der Waals surface area (Å²) < 4.78 is 0. The summed E-state index contributed by atoms with van der Waals surface area (Å²) in [5.74, 6) is 0. The number of benzene rings is 2. The van der Waals surface area contributed by atoms with E-state index in [0.717, 1.165) is 17.4 Å². The molecule has 0 atom stereocenters. The van der Waals surface area contributed by atoms with Gasteiger partial charge in [-0.15, -0.1) is 0 Å². The van der Waals surface area contributed by atoms with Crippen LogP contribution in [0.3, 0.4) is 0 Å². The van der Waals surface area contributed by atoms with Gasteiger partial charge in [0.2, 0.25) is 0 Å². The lowest BCUT2D eigenvalue weighted by atomic mass is 10.0. The average molecular weight is 222 g/mol. The number of aryl methyl sites for hydroxylation is 1. The van der Waals surface area contributed by atoms with Gasteiger partial charge >= 0.3 is 0 Å². The number of aldehydes is 1. The number of carbonyl (C=O) groups excluding carboxylic acids is 1. The van der Waals surface area contributed by atoms with E-state index >= 15 is 0 Å². The summed E-state index contributed by atoms with van der Waals surface area (Å²) in [6.45, 7) is 2.04. The Labute approximate surface area is 101 Å². The van der Waals surface area contributed by atoms with Crippen molar-refractivity contribution in [3.05, 3.63) is 71.3 Å². The van der Waals surface area contributed by atoms with Crippen LogP contribution < -0.4 is 0 Å². The van der Waals surface area contributed by atoms with Gasteiger partial charge in [0.1, 0.15) is 0 Å². The molecule has 0 N–H and O–H groups in total. The molecular weight excluding hydrogens is 208 g/mol. The van der Waals surface area contributed by atoms with Crippen LogP contribution in [0.1, 0.15) is 16.7 Å². The molecule has 1 heteroatoms. The van der Waals surface area contributed by atoms with Crippen molar-refractivity contribution in [1.29, 1.82) is 0 Å². The SMILES string of the molecule is Cc1cccc(/C=C(/C=O)c2ccccc2)c1. The van der Waals surface area contributed by atoms with Gasteiger partial charge in [0.05, 0.1) is 0 Å². The third kappa shape index (κ3) is 2.91. The fourth-order valence-corrected chi connectivity index (χ4v) is 1.76. The Morgan fingerprint density at radius 2 is 1.76 bits per heavy atom. The second-order valence-electron chi connectivity index (χ2n) is 4.00. The standard InChI is InChI=1S/C16H14O/c1-13-6-5-7-14(10-13)11-16(12-17)15-8-3-2-4-9-15/h2-12H,1H3/b16-11-. The van der Waals surface area contributed by atoms with Crippen LogP contribution in [0.2, 0.25) is 0 Å². The molecule has 0 spiro atoms. The summed E-state index contributed by atoms with van der Waals surface area (Å²) in [5.41, 5.74) is 3.90. The number of rotatable bonds is 3. The molecule has 0 amide bonds. The van der Waals surface area contributed by atoms with Crippen molar-refractivity contribution in [3.63, 3.8) is 0 Å².